The van der Waals surface area contributed by atoms with Crippen LogP contribution in [0.4, 0.5) is 13.2 Å². The molecular weight excluding hydrogens is 209 g/mol. The molecule has 0 aliphatic heterocycles. The molecule has 1 aliphatic carbocycles. The number of rotatable bonds is 5. The summed E-state index contributed by atoms with van der Waals surface area (Å²) < 4.78 is 36.4. The van der Waals surface area contributed by atoms with Gasteiger partial charge in [-0.1, -0.05) is 0 Å². The van der Waals surface area contributed by atoms with E-state index in [-0.39, 0.29) is 12.0 Å². The Morgan fingerprint density at radius 2 is 2.07 bits per heavy atom. The second-order valence-corrected chi connectivity index (χ2v) is 4.01. The molecule has 0 aromatic heterocycles. The number of hydrogen-bond acceptors (Lipinski definition) is 3. The molecule has 1 fully saturated rings. The first-order chi connectivity index (χ1) is 6.93. The predicted octanol–water partition coefficient (Wildman–Crippen LogP) is 1.05. The van der Waals surface area contributed by atoms with Crippen LogP contribution in [0.5, 0.6) is 0 Å². The molecule has 2 N–H and O–H groups in total. The Labute approximate surface area is 85.9 Å². The smallest absolute Gasteiger partial charge is 0.396 e. The molecular formula is C9H13F3N2O. The number of aliphatic hydroxyl groups is 1. The zero-order valence-electron chi connectivity index (χ0n) is 8.14. The zero-order valence-corrected chi connectivity index (χ0v) is 8.14. The minimum Gasteiger partial charge on any atom is -0.396 e. The van der Waals surface area contributed by atoms with Gasteiger partial charge in [0, 0.05) is 25.1 Å². The Kier molecular flexibility index (Phi) is 3.58. The topological polar surface area (TPSA) is 56.0 Å². The third-order valence-corrected chi connectivity index (χ3v) is 2.69. The molecule has 0 aromatic carbocycles. The summed E-state index contributed by atoms with van der Waals surface area (Å²) in [7, 11) is 0. The van der Waals surface area contributed by atoms with Crippen molar-refractivity contribution in [1.82, 2.24) is 5.32 Å². The molecule has 86 valence electrons. The van der Waals surface area contributed by atoms with E-state index in [4.69, 9.17) is 10.4 Å². The van der Waals surface area contributed by atoms with Crippen molar-refractivity contribution in [2.45, 2.75) is 19.0 Å². The molecule has 1 saturated carbocycles. The van der Waals surface area contributed by atoms with Crippen LogP contribution in [-0.2, 0) is 0 Å². The molecule has 1 unspecified atom stereocenters. The second kappa shape index (κ2) is 4.37. The molecule has 1 atom stereocenters. The molecule has 0 saturated heterocycles. The maximum absolute atomic E-state index is 12.1. The Morgan fingerprint density at radius 1 is 1.47 bits per heavy atom. The van der Waals surface area contributed by atoms with E-state index < -0.39 is 18.6 Å². The van der Waals surface area contributed by atoms with Gasteiger partial charge >= 0.3 is 6.18 Å². The summed E-state index contributed by atoms with van der Waals surface area (Å²) in [6, 6.07) is 1.22. The van der Waals surface area contributed by atoms with Gasteiger partial charge in [0.2, 0.25) is 0 Å². The highest BCUT2D eigenvalue weighted by Gasteiger charge is 2.43. The van der Waals surface area contributed by atoms with E-state index in [9.17, 15) is 13.2 Å². The first kappa shape index (κ1) is 12.3. The number of nitrogens with zero attached hydrogens (tertiary/aromatic N) is 1. The van der Waals surface area contributed by atoms with Gasteiger partial charge in [0.1, 0.15) is 0 Å². The fourth-order valence-electron chi connectivity index (χ4n) is 1.28. The van der Waals surface area contributed by atoms with Gasteiger partial charge < -0.3 is 10.4 Å². The number of hydrogen-bond donors (Lipinski definition) is 2. The van der Waals surface area contributed by atoms with Gasteiger partial charge in [-0.2, -0.15) is 18.4 Å². The molecule has 1 aliphatic rings. The third-order valence-electron chi connectivity index (χ3n) is 2.69. The van der Waals surface area contributed by atoms with Crippen LogP contribution in [-0.4, -0.2) is 31.0 Å². The molecule has 15 heavy (non-hydrogen) atoms. The SMILES string of the molecule is N#CC(CNCC1(CO)CC1)C(F)(F)F. The Hall–Kier alpha value is -0.800. The summed E-state index contributed by atoms with van der Waals surface area (Å²) >= 11 is 0. The summed E-state index contributed by atoms with van der Waals surface area (Å²) in [6.07, 6.45) is -2.81. The Morgan fingerprint density at radius 3 is 2.40 bits per heavy atom. The van der Waals surface area contributed by atoms with Crippen molar-refractivity contribution in [3.63, 3.8) is 0 Å². The van der Waals surface area contributed by atoms with Gasteiger partial charge in [-0.05, 0) is 12.8 Å². The van der Waals surface area contributed by atoms with Crippen LogP contribution in [0.3, 0.4) is 0 Å². The van der Waals surface area contributed by atoms with Crippen molar-refractivity contribution in [3.8, 4) is 6.07 Å². The fourth-order valence-corrected chi connectivity index (χ4v) is 1.28. The third kappa shape index (κ3) is 3.36. The van der Waals surface area contributed by atoms with E-state index in [1.54, 1.807) is 0 Å². The predicted molar refractivity (Wildman–Crippen MR) is 46.8 cm³/mol. The van der Waals surface area contributed by atoms with Gasteiger partial charge in [-0.3, -0.25) is 0 Å². The average Bonchev–Trinajstić information content (AvgIpc) is 2.91. The lowest BCUT2D eigenvalue weighted by atomic mass is 10.1. The molecule has 0 amide bonds. The van der Waals surface area contributed by atoms with E-state index >= 15 is 0 Å². The standard InChI is InChI=1S/C9H13F3N2O/c10-9(11,12)7(3-13)4-14-5-8(6-15)1-2-8/h7,14-15H,1-2,4-6H2. The van der Waals surface area contributed by atoms with Crippen molar-refractivity contribution in [3.05, 3.63) is 0 Å². The van der Waals surface area contributed by atoms with Crippen molar-refractivity contribution in [2.75, 3.05) is 19.7 Å². The van der Waals surface area contributed by atoms with Crippen LogP contribution in [0.25, 0.3) is 0 Å². The lowest BCUT2D eigenvalue weighted by Crippen LogP contribution is -2.36. The summed E-state index contributed by atoms with van der Waals surface area (Å²) in [5.74, 6) is -1.97. The largest absolute Gasteiger partial charge is 0.405 e. The summed E-state index contributed by atoms with van der Waals surface area (Å²) in [5.41, 5.74) is -0.231. The van der Waals surface area contributed by atoms with Gasteiger partial charge in [0.05, 0.1) is 6.07 Å². The quantitative estimate of drug-likeness (QED) is 0.731. The molecule has 0 spiro atoms. The molecule has 0 bridgehead atoms. The molecule has 0 radical (unpaired) electrons. The number of alkyl halides is 3. The molecule has 3 nitrogen and oxygen atoms in total. The maximum Gasteiger partial charge on any atom is 0.405 e. The Balaban J connectivity index is 2.27. The first-order valence-electron chi connectivity index (χ1n) is 4.71. The van der Waals surface area contributed by atoms with E-state index in [0.717, 1.165) is 12.8 Å². The first-order valence-corrected chi connectivity index (χ1v) is 4.71. The monoisotopic (exact) mass is 222 g/mol. The fraction of sp³-hybridized carbons (Fsp3) is 0.889. The molecule has 0 heterocycles. The second-order valence-electron chi connectivity index (χ2n) is 4.01. The van der Waals surface area contributed by atoms with Crippen LogP contribution < -0.4 is 5.32 Å². The summed E-state index contributed by atoms with van der Waals surface area (Å²) in [5, 5.41) is 19.8. The lowest BCUT2D eigenvalue weighted by Gasteiger charge is -2.16. The average molecular weight is 222 g/mol. The van der Waals surface area contributed by atoms with Crippen molar-refractivity contribution in [1.29, 1.82) is 5.26 Å². The van der Waals surface area contributed by atoms with E-state index in [1.807, 2.05) is 0 Å². The minimum absolute atomic E-state index is 0.0107. The number of nitriles is 1. The zero-order chi connectivity index (χ0) is 11.5. The molecule has 1 rings (SSSR count). The van der Waals surface area contributed by atoms with Crippen LogP contribution in [0.1, 0.15) is 12.8 Å². The van der Waals surface area contributed by atoms with Crippen LogP contribution in [0, 0.1) is 22.7 Å². The number of nitrogens with one attached hydrogen (secondary N) is 1. The highest BCUT2D eigenvalue weighted by Crippen LogP contribution is 2.44. The summed E-state index contributed by atoms with van der Waals surface area (Å²) in [4.78, 5) is 0. The van der Waals surface area contributed by atoms with E-state index in [0.29, 0.717) is 6.54 Å². The van der Waals surface area contributed by atoms with Gasteiger partial charge in [0.15, 0.2) is 5.92 Å². The van der Waals surface area contributed by atoms with E-state index in [1.165, 1.54) is 6.07 Å². The Bertz CT molecular complexity index is 255. The van der Waals surface area contributed by atoms with Crippen molar-refractivity contribution in [2.24, 2.45) is 11.3 Å². The minimum atomic E-state index is -4.47. The van der Waals surface area contributed by atoms with Gasteiger partial charge in [0.25, 0.3) is 0 Å². The molecule has 6 heteroatoms. The van der Waals surface area contributed by atoms with Crippen molar-refractivity contribution < 1.29 is 18.3 Å². The number of halogens is 3. The highest BCUT2D eigenvalue weighted by molar-refractivity contribution is 4.96. The van der Waals surface area contributed by atoms with Crippen LogP contribution >= 0.6 is 0 Å². The highest BCUT2D eigenvalue weighted by atomic mass is 19.4. The maximum atomic E-state index is 12.1. The van der Waals surface area contributed by atoms with Crippen LogP contribution in [0.15, 0.2) is 0 Å². The normalized spacial score (nSPS) is 20.7. The number of aliphatic hydroxyl groups excluding tert-OH is 1. The van der Waals surface area contributed by atoms with Crippen LogP contribution in [0.2, 0.25) is 0 Å². The molecule has 0 aromatic rings. The van der Waals surface area contributed by atoms with E-state index in [2.05, 4.69) is 5.32 Å². The van der Waals surface area contributed by atoms with Gasteiger partial charge in [-0.15, -0.1) is 0 Å². The van der Waals surface area contributed by atoms with Gasteiger partial charge in [-0.25, -0.2) is 0 Å². The van der Waals surface area contributed by atoms with Crippen molar-refractivity contribution >= 4 is 0 Å². The lowest BCUT2D eigenvalue weighted by molar-refractivity contribution is -0.157. The summed E-state index contributed by atoms with van der Waals surface area (Å²) in [6.45, 7) is -0.0667.